The molecule has 2 aliphatic rings. The first-order valence-electron chi connectivity index (χ1n) is 13.4. The molecule has 0 amide bonds. The van der Waals surface area contributed by atoms with Gasteiger partial charge in [0.05, 0.1) is 28.5 Å². The molecule has 2 atom stereocenters. The van der Waals surface area contributed by atoms with Gasteiger partial charge in [-0.05, 0) is 68.4 Å². The Morgan fingerprint density at radius 3 is 2.13 bits per heavy atom. The van der Waals surface area contributed by atoms with E-state index in [9.17, 15) is 4.79 Å². The average molecular weight is 508 g/mol. The molecular formula is C35H29N3O. The largest absolute Gasteiger partial charge is 0.330 e. The summed E-state index contributed by atoms with van der Waals surface area (Å²) < 4.78 is 2.14. The fourth-order valence-electron chi connectivity index (χ4n) is 6.23. The van der Waals surface area contributed by atoms with Crippen LogP contribution in [0.2, 0.25) is 0 Å². The van der Waals surface area contributed by atoms with Crippen LogP contribution in [0, 0.1) is 6.92 Å². The van der Waals surface area contributed by atoms with Crippen molar-refractivity contribution in [2.45, 2.75) is 25.4 Å². The number of pyridine rings is 1. The Labute approximate surface area is 228 Å². The van der Waals surface area contributed by atoms with Gasteiger partial charge >= 0.3 is 0 Å². The molecule has 5 aromatic rings. The van der Waals surface area contributed by atoms with Crippen molar-refractivity contribution in [3.8, 4) is 5.69 Å². The van der Waals surface area contributed by atoms with E-state index in [1.165, 1.54) is 0 Å². The summed E-state index contributed by atoms with van der Waals surface area (Å²) in [6.45, 7) is 4.19. The molecule has 1 aliphatic heterocycles. The topological polar surface area (TPSA) is 28.5 Å². The monoisotopic (exact) mass is 507 g/mol. The summed E-state index contributed by atoms with van der Waals surface area (Å²) in [6, 6.07) is 35.7. The number of rotatable bonds is 3. The normalized spacial score (nSPS) is 19.7. The third kappa shape index (κ3) is 3.56. The highest BCUT2D eigenvalue weighted by Crippen LogP contribution is 2.51. The summed E-state index contributed by atoms with van der Waals surface area (Å²) in [6.07, 6.45) is 10.8. The number of para-hydroxylation sites is 4. The fourth-order valence-corrected chi connectivity index (χ4v) is 6.23. The molecule has 2 unspecified atom stereocenters. The van der Waals surface area contributed by atoms with Crippen LogP contribution in [0.3, 0.4) is 0 Å². The van der Waals surface area contributed by atoms with E-state index in [0.717, 1.165) is 44.9 Å². The maximum Gasteiger partial charge on any atom is 0.192 e. The number of benzene rings is 4. The molecule has 1 aromatic heterocycles. The van der Waals surface area contributed by atoms with Gasteiger partial charge in [-0.25, -0.2) is 0 Å². The molecule has 0 spiro atoms. The van der Waals surface area contributed by atoms with Gasteiger partial charge in [-0.1, -0.05) is 72.8 Å². The predicted molar refractivity (Wildman–Crippen MR) is 162 cm³/mol. The third-order valence-corrected chi connectivity index (χ3v) is 8.07. The van der Waals surface area contributed by atoms with E-state index in [-0.39, 0.29) is 17.0 Å². The zero-order chi connectivity index (χ0) is 26.6. The first-order chi connectivity index (χ1) is 19.1. The molecule has 0 bridgehead atoms. The molecule has 0 saturated heterocycles. The predicted octanol–water partition coefficient (Wildman–Crippen LogP) is 7.84. The van der Waals surface area contributed by atoms with Crippen molar-refractivity contribution in [1.82, 2.24) is 4.57 Å². The Morgan fingerprint density at radius 1 is 0.718 bits per heavy atom. The van der Waals surface area contributed by atoms with E-state index < -0.39 is 0 Å². The first-order valence-corrected chi connectivity index (χ1v) is 13.4. The van der Waals surface area contributed by atoms with Crippen molar-refractivity contribution in [3.63, 3.8) is 0 Å². The van der Waals surface area contributed by atoms with Crippen molar-refractivity contribution >= 4 is 33.7 Å². The molecule has 0 radical (unpaired) electrons. The molecule has 1 aliphatic carbocycles. The second-order valence-corrected chi connectivity index (χ2v) is 10.5. The average Bonchev–Trinajstić information content (AvgIpc) is 2.98. The van der Waals surface area contributed by atoms with Gasteiger partial charge in [0.15, 0.2) is 5.43 Å². The number of anilines is 4. The van der Waals surface area contributed by atoms with Gasteiger partial charge in [-0.15, -0.1) is 0 Å². The van der Waals surface area contributed by atoms with E-state index in [2.05, 4.69) is 124 Å². The summed E-state index contributed by atoms with van der Waals surface area (Å²) in [7, 11) is 0. The van der Waals surface area contributed by atoms with Gasteiger partial charge < -0.3 is 14.4 Å². The SMILES string of the molecule is Cc1cn(-c2ccccc2)c2cc(N3c4ccccc4N(c4ccccc4)C4(C)C=CC=CC34)ccc2c1=O. The molecule has 4 aromatic carbocycles. The van der Waals surface area contributed by atoms with Crippen LogP contribution in [0.25, 0.3) is 16.6 Å². The Hall–Kier alpha value is -4.83. The Morgan fingerprint density at radius 2 is 1.38 bits per heavy atom. The Balaban J connectivity index is 1.49. The zero-order valence-electron chi connectivity index (χ0n) is 22.0. The third-order valence-electron chi connectivity index (χ3n) is 8.07. The highest BCUT2D eigenvalue weighted by atomic mass is 16.1. The maximum atomic E-state index is 13.2. The molecule has 7 rings (SSSR count). The minimum absolute atomic E-state index is 0.0254. The molecule has 2 heterocycles. The van der Waals surface area contributed by atoms with Crippen LogP contribution >= 0.6 is 0 Å². The lowest BCUT2D eigenvalue weighted by molar-refractivity contribution is 0.480. The number of hydrogen-bond acceptors (Lipinski definition) is 3. The van der Waals surface area contributed by atoms with Crippen LogP contribution in [0.1, 0.15) is 12.5 Å². The Kier molecular flexibility index (Phi) is 5.31. The van der Waals surface area contributed by atoms with Gasteiger partial charge in [0, 0.05) is 34.2 Å². The summed E-state index contributed by atoms with van der Waals surface area (Å²) in [5.41, 5.74) is 6.87. The summed E-state index contributed by atoms with van der Waals surface area (Å²) in [5, 5.41) is 0.723. The molecule has 4 nitrogen and oxygen atoms in total. The number of allylic oxidation sites excluding steroid dienone is 2. The highest BCUT2D eigenvalue weighted by molar-refractivity contribution is 5.91. The minimum Gasteiger partial charge on any atom is -0.330 e. The van der Waals surface area contributed by atoms with Gasteiger partial charge in [0.25, 0.3) is 0 Å². The maximum absolute atomic E-state index is 13.2. The number of aromatic nitrogens is 1. The van der Waals surface area contributed by atoms with Crippen molar-refractivity contribution < 1.29 is 0 Å². The van der Waals surface area contributed by atoms with E-state index >= 15 is 0 Å². The molecule has 0 N–H and O–H groups in total. The molecule has 0 saturated carbocycles. The van der Waals surface area contributed by atoms with Gasteiger partial charge in [0.1, 0.15) is 0 Å². The van der Waals surface area contributed by atoms with Crippen LogP contribution in [-0.4, -0.2) is 16.1 Å². The molecule has 190 valence electrons. The summed E-state index contributed by atoms with van der Waals surface area (Å²) in [5.74, 6) is 0. The number of hydrogen-bond donors (Lipinski definition) is 0. The lowest BCUT2D eigenvalue weighted by atomic mass is 9.81. The number of fused-ring (bicyclic) bond motifs is 3. The molecular weight excluding hydrogens is 478 g/mol. The van der Waals surface area contributed by atoms with Crippen LogP contribution < -0.4 is 15.2 Å². The van der Waals surface area contributed by atoms with Gasteiger partial charge in [0.2, 0.25) is 0 Å². The summed E-state index contributed by atoms with van der Waals surface area (Å²) in [4.78, 5) is 18.1. The molecule has 4 heteroatoms. The summed E-state index contributed by atoms with van der Waals surface area (Å²) >= 11 is 0. The lowest BCUT2D eigenvalue weighted by Crippen LogP contribution is -2.60. The quantitative estimate of drug-likeness (QED) is 0.249. The van der Waals surface area contributed by atoms with Crippen LogP contribution in [0.5, 0.6) is 0 Å². The van der Waals surface area contributed by atoms with Crippen molar-refractivity contribution in [2.75, 3.05) is 9.80 Å². The second-order valence-electron chi connectivity index (χ2n) is 10.5. The van der Waals surface area contributed by atoms with E-state index in [1.54, 1.807) is 0 Å². The van der Waals surface area contributed by atoms with E-state index in [0.29, 0.717) is 0 Å². The van der Waals surface area contributed by atoms with Crippen molar-refractivity contribution in [1.29, 1.82) is 0 Å². The Bertz CT molecular complexity index is 1820. The van der Waals surface area contributed by atoms with Crippen LogP contribution in [0.4, 0.5) is 22.7 Å². The first kappa shape index (κ1) is 23.3. The smallest absolute Gasteiger partial charge is 0.192 e. The highest BCUT2D eigenvalue weighted by Gasteiger charge is 2.47. The van der Waals surface area contributed by atoms with Gasteiger partial charge in [-0.2, -0.15) is 0 Å². The van der Waals surface area contributed by atoms with E-state index in [4.69, 9.17) is 0 Å². The molecule has 0 fully saturated rings. The van der Waals surface area contributed by atoms with Crippen LogP contribution in [0.15, 0.2) is 138 Å². The fraction of sp³-hybridized carbons (Fsp3) is 0.114. The second kappa shape index (κ2) is 8.88. The van der Waals surface area contributed by atoms with E-state index in [1.807, 2.05) is 37.4 Å². The van der Waals surface area contributed by atoms with Crippen molar-refractivity contribution in [2.24, 2.45) is 0 Å². The zero-order valence-corrected chi connectivity index (χ0v) is 22.0. The standard InChI is InChI=1S/C35H29N3O/c1-25-24-36(26-13-5-3-6-14-26)32-23-28(20-21-29(32)34(25)39)37-30-17-9-10-18-31(30)38(27-15-7-4-8-16-27)35(2)22-12-11-19-33(35)37/h3-24,33H,1-2H3. The minimum atomic E-state index is -0.341. The van der Waals surface area contributed by atoms with Crippen molar-refractivity contribution in [3.05, 3.63) is 149 Å². The lowest BCUT2D eigenvalue weighted by Gasteiger charge is -2.55. The molecule has 39 heavy (non-hydrogen) atoms. The van der Waals surface area contributed by atoms with Gasteiger partial charge in [-0.3, -0.25) is 4.79 Å². The van der Waals surface area contributed by atoms with Crippen LogP contribution in [-0.2, 0) is 0 Å². The number of nitrogens with zero attached hydrogens (tertiary/aromatic N) is 3. The number of aryl methyl sites for hydroxylation is 1.